The number of hydrogen-bond acceptors (Lipinski definition) is 4. The van der Waals surface area contributed by atoms with Crippen LogP contribution in [0.2, 0.25) is 0 Å². The Balaban J connectivity index is 1.87. The second-order valence-electron chi connectivity index (χ2n) is 5.66. The third-order valence-electron chi connectivity index (χ3n) is 4.31. The molecule has 1 saturated heterocycles. The van der Waals surface area contributed by atoms with Crippen molar-refractivity contribution in [2.75, 3.05) is 13.7 Å². The Kier molecular flexibility index (Phi) is 4.80. The molecule has 2 unspecified atom stereocenters. The van der Waals surface area contributed by atoms with E-state index in [1.165, 1.54) is 37.7 Å². The van der Waals surface area contributed by atoms with Crippen molar-refractivity contribution in [3.8, 4) is 0 Å². The van der Waals surface area contributed by atoms with Crippen LogP contribution in [0.25, 0.3) is 0 Å². The first-order chi connectivity index (χ1) is 9.11. The summed E-state index contributed by atoms with van der Waals surface area (Å²) in [4.78, 5) is 25.3. The van der Waals surface area contributed by atoms with Crippen LogP contribution in [0.5, 0.6) is 0 Å². The minimum absolute atomic E-state index is 0.0288. The van der Waals surface area contributed by atoms with Crippen LogP contribution in [0.4, 0.5) is 0 Å². The number of aliphatic hydroxyl groups is 1. The molecular formula is C14H23NO4. The zero-order valence-corrected chi connectivity index (χ0v) is 11.5. The number of nitrogens with zero attached hydrogens (tertiary/aromatic N) is 1. The summed E-state index contributed by atoms with van der Waals surface area (Å²) in [6.07, 6.45) is 6.04. The Labute approximate surface area is 113 Å². The second-order valence-corrected chi connectivity index (χ2v) is 5.66. The predicted molar refractivity (Wildman–Crippen MR) is 69.3 cm³/mol. The van der Waals surface area contributed by atoms with Gasteiger partial charge in [-0.2, -0.15) is 0 Å². The molecule has 5 nitrogen and oxygen atoms in total. The monoisotopic (exact) mass is 269 g/mol. The van der Waals surface area contributed by atoms with Gasteiger partial charge in [0.25, 0.3) is 0 Å². The highest BCUT2D eigenvalue weighted by atomic mass is 16.5. The van der Waals surface area contributed by atoms with Crippen LogP contribution >= 0.6 is 0 Å². The van der Waals surface area contributed by atoms with Gasteiger partial charge in [-0.1, -0.05) is 25.7 Å². The summed E-state index contributed by atoms with van der Waals surface area (Å²) in [6.45, 7) is 0.253. The normalized spacial score (nSPS) is 27.8. The summed E-state index contributed by atoms with van der Waals surface area (Å²) in [7, 11) is 1.31. The molecule has 19 heavy (non-hydrogen) atoms. The average molecular weight is 269 g/mol. The lowest BCUT2D eigenvalue weighted by Crippen LogP contribution is -2.41. The number of β-amino-alcohol motifs (C(OH)–C–C–N with tert-alkyl or cyclic N) is 1. The summed E-state index contributed by atoms with van der Waals surface area (Å²) in [5.74, 6) is 0.206. The first kappa shape index (κ1) is 14.3. The number of amides is 1. The van der Waals surface area contributed by atoms with E-state index in [0.29, 0.717) is 18.8 Å². The third kappa shape index (κ3) is 3.47. The summed E-state index contributed by atoms with van der Waals surface area (Å²) < 4.78 is 4.70. The van der Waals surface area contributed by atoms with Crippen LogP contribution in [0.15, 0.2) is 0 Å². The van der Waals surface area contributed by atoms with Gasteiger partial charge in [0.15, 0.2) is 0 Å². The Hall–Kier alpha value is -1.10. The summed E-state index contributed by atoms with van der Waals surface area (Å²) in [5, 5.41) is 9.64. The van der Waals surface area contributed by atoms with E-state index in [2.05, 4.69) is 0 Å². The Morgan fingerprint density at radius 1 is 1.32 bits per heavy atom. The maximum absolute atomic E-state index is 12.2. The van der Waals surface area contributed by atoms with E-state index < -0.39 is 18.1 Å². The molecule has 0 radical (unpaired) electrons. The van der Waals surface area contributed by atoms with Gasteiger partial charge < -0.3 is 14.7 Å². The van der Waals surface area contributed by atoms with Crippen molar-refractivity contribution in [3.05, 3.63) is 0 Å². The van der Waals surface area contributed by atoms with E-state index in [9.17, 15) is 14.7 Å². The van der Waals surface area contributed by atoms with Crippen molar-refractivity contribution >= 4 is 11.9 Å². The van der Waals surface area contributed by atoms with E-state index in [-0.39, 0.29) is 12.5 Å². The first-order valence-corrected chi connectivity index (χ1v) is 7.17. The molecule has 0 aromatic rings. The highest BCUT2D eigenvalue weighted by Crippen LogP contribution is 2.29. The Morgan fingerprint density at radius 3 is 2.63 bits per heavy atom. The minimum atomic E-state index is -0.612. The van der Waals surface area contributed by atoms with Gasteiger partial charge in [0.05, 0.1) is 13.2 Å². The molecule has 0 aromatic heterocycles. The lowest BCUT2D eigenvalue weighted by atomic mass is 10.0. The van der Waals surface area contributed by atoms with Gasteiger partial charge in [0.1, 0.15) is 6.04 Å². The van der Waals surface area contributed by atoms with Crippen molar-refractivity contribution in [3.63, 3.8) is 0 Å². The molecule has 1 aliphatic carbocycles. The molecule has 2 atom stereocenters. The van der Waals surface area contributed by atoms with Gasteiger partial charge in [0, 0.05) is 19.4 Å². The van der Waals surface area contributed by atoms with Crippen LogP contribution < -0.4 is 0 Å². The standard InChI is InChI=1S/C14H23NO4/c1-19-14(18)12-8-11(16)9-15(12)13(17)7-6-10-4-2-3-5-10/h10-12,16H,2-9H2,1H3. The smallest absolute Gasteiger partial charge is 0.328 e. The molecule has 2 aliphatic rings. The van der Waals surface area contributed by atoms with Crippen LogP contribution in [0.3, 0.4) is 0 Å². The van der Waals surface area contributed by atoms with E-state index in [0.717, 1.165) is 6.42 Å². The zero-order chi connectivity index (χ0) is 13.8. The summed E-state index contributed by atoms with van der Waals surface area (Å²) in [5.41, 5.74) is 0. The number of ether oxygens (including phenoxy) is 1. The second kappa shape index (κ2) is 6.37. The lowest BCUT2D eigenvalue weighted by molar-refractivity contribution is -0.151. The molecule has 0 spiro atoms. The SMILES string of the molecule is COC(=O)C1CC(O)CN1C(=O)CCC1CCCC1. The fourth-order valence-electron chi connectivity index (χ4n) is 3.22. The molecular weight excluding hydrogens is 246 g/mol. The highest BCUT2D eigenvalue weighted by Gasteiger charge is 2.39. The topological polar surface area (TPSA) is 66.8 Å². The van der Waals surface area contributed by atoms with Gasteiger partial charge in [0.2, 0.25) is 5.91 Å². The fraction of sp³-hybridized carbons (Fsp3) is 0.857. The minimum Gasteiger partial charge on any atom is -0.467 e. The fourth-order valence-corrected chi connectivity index (χ4v) is 3.22. The number of rotatable bonds is 4. The van der Waals surface area contributed by atoms with Gasteiger partial charge in [-0.3, -0.25) is 4.79 Å². The van der Waals surface area contributed by atoms with Gasteiger partial charge in [-0.15, -0.1) is 0 Å². The van der Waals surface area contributed by atoms with Crippen molar-refractivity contribution in [2.45, 2.75) is 57.1 Å². The molecule has 108 valence electrons. The van der Waals surface area contributed by atoms with Crippen molar-refractivity contribution in [1.29, 1.82) is 0 Å². The van der Waals surface area contributed by atoms with Crippen LogP contribution in [0.1, 0.15) is 44.9 Å². The first-order valence-electron chi connectivity index (χ1n) is 7.17. The number of aliphatic hydroxyl groups excluding tert-OH is 1. The molecule has 1 amide bonds. The van der Waals surface area contributed by atoms with Crippen molar-refractivity contribution < 1.29 is 19.4 Å². The summed E-state index contributed by atoms with van der Waals surface area (Å²) >= 11 is 0. The molecule has 0 aromatic carbocycles. The molecule has 1 N–H and O–H groups in total. The van der Waals surface area contributed by atoms with Crippen LogP contribution in [0, 0.1) is 5.92 Å². The largest absolute Gasteiger partial charge is 0.467 e. The molecule has 0 bridgehead atoms. The number of hydrogen-bond donors (Lipinski definition) is 1. The van der Waals surface area contributed by atoms with Gasteiger partial charge >= 0.3 is 5.97 Å². The van der Waals surface area contributed by atoms with Gasteiger partial charge in [-0.25, -0.2) is 4.79 Å². The Bertz CT molecular complexity index is 338. The zero-order valence-electron chi connectivity index (χ0n) is 11.5. The molecule has 2 rings (SSSR count). The Morgan fingerprint density at radius 2 is 2.00 bits per heavy atom. The van der Waals surface area contributed by atoms with Crippen LogP contribution in [-0.4, -0.2) is 47.7 Å². The predicted octanol–water partition coefficient (Wildman–Crippen LogP) is 1.09. The number of esters is 1. The third-order valence-corrected chi connectivity index (χ3v) is 4.31. The van der Waals surface area contributed by atoms with E-state index in [1.807, 2.05) is 0 Å². The molecule has 2 fully saturated rings. The quantitative estimate of drug-likeness (QED) is 0.776. The molecule has 1 saturated carbocycles. The molecule has 1 heterocycles. The molecule has 5 heteroatoms. The number of methoxy groups -OCH3 is 1. The van der Waals surface area contributed by atoms with E-state index in [4.69, 9.17) is 4.74 Å². The van der Waals surface area contributed by atoms with Crippen molar-refractivity contribution in [2.24, 2.45) is 5.92 Å². The maximum atomic E-state index is 12.2. The number of carbonyl (C=O) groups excluding carboxylic acids is 2. The average Bonchev–Trinajstić information content (AvgIpc) is 3.04. The van der Waals surface area contributed by atoms with E-state index in [1.54, 1.807) is 0 Å². The maximum Gasteiger partial charge on any atom is 0.328 e. The molecule has 1 aliphatic heterocycles. The van der Waals surface area contributed by atoms with E-state index >= 15 is 0 Å². The number of carbonyl (C=O) groups is 2. The summed E-state index contributed by atoms with van der Waals surface area (Å²) in [6, 6.07) is -0.601. The van der Waals surface area contributed by atoms with Crippen molar-refractivity contribution in [1.82, 2.24) is 4.90 Å². The van der Waals surface area contributed by atoms with Crippen LogP contribution in [-0.2, 0) is 14.3 Å². The highest BCUT2D eigenvalue weighted by molar-refractivity contribution is 5.85. The number of likely N-dealkylation sites (tertiary alicyclic amines) is 1. The lowest BCUT2D eigenvalue weighted by Gasteiger charge is -2.23. The van der Waals surface area contributed by atoms with Gasteiger partial charge in [-0.05, 0) is 12.3 Å².